The summed E-state index contributed by atoms with van der Waals surface area (Å²) in [6.45, 7) is 4.96. The minimum Gasteiger partial charge on any atom is -0.392 e. The number of hydrogen-bond donors (Lipinski definition) is 2. The van der Waals surface area contributed by atoms with Crippen molar-refractivity contribution >= 4 is 29.0 Å². The van der Waals surface area contributed by atoms with Gasteiger partial charge in [-0.3, -0.25) is 9.59 Å². The molecule has 1 saturated heterocycles. The normalized spacial score (nSPS) is 17.3. The van der Waals surface area contributed by atoms with Gasteiger partial charge >= 0.3 is 0 Å². The van der Waals surface area contributed by atoms with Crippen LogP contribution in [0.15, 0.2) is 0 Å². The fourth-order valence-electron chi connectivity index (χ4n) is 2.68. The second-order valence-corrected chi connectivity index (χ2v) is 5.56. The summed E-state index contributed by atoms with van der Waals surface area (Å²) >= 11 is 5.09. The Bertz CT molecular complexity index is 372. The minimum atomic E-state index is -0.741. The number of primary amides is 1. The predicted octanol–water partition coefficient (Wildman–Crippen LogP) is 0.803. The highest BCUT2D eigenvalue weighted by molar-refractivity contribution is 7.80. The molecule has 1 rings (SSSR count). The molecular weight excluding hydrogens is 262 g/mol. The van der Waals surface area contributed by atoms with Crippen LogP contribution >= 0.6 is 12.2 Å². The van der Waals surface area contributed by atoms with Crippen LogP contribution in [0.3, 0.4) is 0 Å². The summed E-state index contributed by atoms with van der Waals surface area (Å²) in [5.74, 6) is -0.404. The molecule has 0 saturated carbocycles. The third-order valence-corrected chi connectivity index (χ3v) is 4.66. The smallest absolute Gasteiger partial charge is 0.235 e. The first-order valence-electron chi connectivity index (χ1n) is 6.77. The highest BCUT2D eigenvalue weighted by Crippen LogP contribution is 2.31. The average molecular weight is 285 g/mol. The van der Waals surface area contributed by atoms with Crippen LogP contribution in [-0.2, 0) is 9.59 Å². The number of carbonyl (C=O) groups excluding carboxylic acids is 2. The number of amides is 2. The summed E-state index contributed by atoms with van der Waals surface area (Å²) in [5.41, 5.74) is 10.3. The number of thiocarbonyl (C=S) groups is 1. The molecule has 0 bridgehead atoms. The third kappa shape index (κ3) is 3.05. The largest absolute Gasteiger partial charge is 0.392 e. The molecule has 0 aromatic rings. The van der Waals surface area contributed by atoms with Crippen LogP contribution in [0.25, 0.3) is 0 Å². The topological polar surface area (TPSA) is 89.4 Å². The first-order chi connectivity index (χ1) is 8.89. The lowest BCUT2D eigenvalue weighted by Crippen LogP contribution is -2.52. The standard InChI is InChI=1S/C13H23N3O2S/c1-3-13(4-2,11(15)19)12(18)16-7-5-9(6-8-16)10(14)17/h9H,3-8H2,1-2H3,(H2,14,17)(H2,15,19). The molecule has 1 aliphatic heterocycles. The number of rotatable bonds is 5. The molecule has 1 aliphatic rings. The van der Waals surface area contributed by atoms with Gasteiger partial charge in [-0.15, -0.1) is 0 Å². The summed E-state index contributed by atoms with van der Waals surface area (Å²) in [6, 6.07) is 0. The third-order valence-electron chi connectivity index (χ3n) is 4.27. The molecule has 4 N–H and O–H groups in total. The van der Waals surface area contributed by atoms with E-state index in [0.717, 1.165) is 0 Å². The van der Waals surface area contributed by atoms with E-state index >= 15 is 0 Å². The predicted molar refractivity (Wildman–Crippen MR) is 78.3 cm³/mol. The quantitative estimate of drug-likeness (QED) is 0.731. The van der Waals surface area contributed by atoms with Gasteiger partial charge in [0, 0.05) is 19.0 Å². The van der Waals surface area contributed by atoms with E-state index in [1.54, 1.807) is 4.90 Å². The Morgan fingerprint density at radius 2 is 1.68 bits per heavy atom. The number of piperidine rings is 1. The summed E-state index contributed by atoms with van der Waals surface area (Å²) in [7, 11) is 0. The van der Waals surface area contributed by atoms with Crippen LogP contribution in [0.1, 0.15) is 39.5 Å². The van der Waals surface area contributed by atoms with Crippen LogP contribution in [0.4, 0.5) is 0 Å². The Balaban J connectivity index is 2.78. The van der Waals surface area contributed by atoms with Gasteiger partial charge in [0.15, 0.2) is 0 Å². The molecule has 0 aliphatic carbocycles. The van der Waals surface area contributed by atoms with Gasteiger partial charge in [-0.25, -0.2) is 0 Å². The highest BCUT2D eigenvalue weighted by Gasteiger charge is 2.42. The van der Waals surface area contributed by atoms with Gasteiger partial charge in [-0.05, 0) is 25.7 Å². The van der Waals surface area contributed by atoms with Crippen LogP contribution in [-0.4, -0.2) is 34.8 Å². The van der Waals surface area contributed by atoms with E-state index in [1.165, 1.54) is 0 Å². The molecule has 0 aromatic heterocycles. The second-order valence-electron chi connectivity index (χ2n) is 5.12. The van der Waals surface area contributed by atoms with Crippen molar-refractivity contribution in [2.24, 2.45) is 22.8 Å². The highest BCUT2D eigenvalue weighted by atomic mass is 32.1. The Morgan fingerprint density at radius 3 is 2.00 bits per heavy atom. The summed E-state index contributed by atoms with van der Waals surface area (Å²) in [6.07, 6.45) is 2.46. The lowest BCUT2D eigenvalue weighted by Gasteiger charge is -2.38. The fourth-order valence-corrected chi connectivity index (χ4v) is 3.05. The van der Waals surface area contributed by atoms with Crippen molar-refractivity contribution in [1.29, 1.82) is 0 Å². The maximum Gasteiger partial charge on any atom is 0.235 e. The molecule has 5 nitrogen and oxygen atoms in total. The number of nitrogens with zero attached hydrogens (tertiary/aromatic N) is 1. The Hall–Kier alpha value is -1.17. The lowest BCUT2D eigenvalue weighted by atomic mass is 9.80. The summed E-state index contributed by atoms with van der Waals surface area (Å²) < 4.78 is 0. The zero-order valence-corrected chi connectivity index (χ0v) is 12.5. The van der Waals surface area contributed by atoms with Gasteiger partial charge in [-0.1, -0.05) is 26.1 Å². The Kier molecular flexibility index (Phi) is 5.29. The zero-order chi connectivity index (χ0) is 14.6. The SMILES string of the molecule is CCC(CC)(C(=O)N1CCC(C(N)=O)CC1)C(N)=S. The zero-order valence-electron chi connectivity index (χ0n) is 11.6. The number of carbonyl (C=O) groups is 2. The van der Waals surface area contributed by atoms with Gasteiger partial charge in [-0.2, -0.15) is 0 Å². The first kappa shape index (κ1) is 15.9. The van der Waals surface area contributed by atoms with Gasteiger partial charge < -0.3 is 16.4 Å². The Morgan fingerprint density at radius 1 is 1.21 bits per heavy atom. The average Bonchev–Trinajstić information content (AvgIpc) is 2.40. The number of likely N-dealkylation sites (tertiary alicyclic amines) is 1. The van der Waals surface area contributed by atoms with Crippen molar-refractivity contribution < 1.29 is 9.59 Å². The van der Waals surface area contributed by atoms with Crippen molar-refractivity contribution in [2.75, 3.05) is 13.1 Å². The van der Waals surface area contributed by atoms with Gasteiger partial charge in [0.05, 0.1) is 10.4 Å². The van der Waals surface area contributed by atoms with E-state index in [4.69, 9.17) is 23.7 Å². The van der Waals surface area contributed by atoms with E-state index in [0.29, 0.717) is 38.8 Å². The van der Waals surface area contributed by atoms with E-state index in [2.05, 4.69) is 0 Å². The van der Waals surface area contributed by atoms with E-state index in [-0.39, 0.29) is 22.7 Å². The molecule has 0 unspecified atom stereocenters. The molecular formula is C13H23N3O2S. The van der Waals surface area contributed by atoms with Crippen molar-refractivity contribution in [2.45, 2.75) is 39.5 Å². The lowest BCUT2D eigenvalue weighted by molar-refractivity contribution is -0.141. The van der Waals surface area contributed by atoms with Crippen molar-refractivity contribution in [3.63, 3.8) is 0 Å². The van der Waals surface area contributed by atoms with Gasteiger partial charge in [0.1, 0.15) is 0 Å². The molecule has 0 radical (unpaired) electrons. The molecule has 0 atom stereocenters. The molecule has 0 spiro atoms. The number of hydrogen-bond acceptors (Lipinski definition) is 3. The second kappa shape index (κ2) is 6.32. The van der Waals surface area contributed by atoms with Crippen molar-refractivity contribution in [3.05, 3.63) is 0 Å². The molecule has 19 heavy (non-hydrogen) atoms. The number of nitrogens with two attached hydrogens (primary N) is 2. The van der Waals surface area contributed by atoms with Gasteiger partial charge in [0.25, 0.3) is 0 Å². The maximum absolute atomic E-state index is 12.6. The monoisotopic (exact) mass is 285 g/mol. The van der Waals surface area contributed by atoms with E-state index < -0.39 is 5.41 Å². The van der Waals surface area contributed by atoms with Crippen LogP contribution in [0.2, 0.25) is 0 Å². The fraction of sp³-hybridized carbons (Fsp3) is 0.769. The minimum absolute atomic E-state index is 0.00656. The summed E-state index contributed by atoms with van der Waals surface area (Å²) in [5, 5.41) is 0. The van der Waals surface area contributed by atoms with Crippen molar-refractivity contribution in [3.8, 4) is 0 Å². The van der Waals surface area contributed by atoms with Crippen LogP contribution < -0.4 is 11.5 Å². The van der Waals surface area contributed by atoms with Crippen LogP contribution in [0.5, 0.6) is 0 Å². The van der Waals surface area contributed by atoms with E-state index in [9.17, 15) is 9.59 Å². The molecule has 2 amide bonds. The Labute approximate surface area is 119 Å². The first-order valence-corrected chi connectivity index (χ1v) is 7.18. The molecule has 108 valence electrons. The van der Waals surface area contributed by atoms with Gasteiger partial charge in [0.2, 0.25) is 11.8 Å². The molecule has 1 fully saturated rings. The van der Waals surface area contributed by atoms with Crippen molar-refractivity contribution in [1.82, 2.24) is 4.90 Å². The molecule has 0 aromatic carbocycles. The van der Waals surface area contributed by atoms with E-state index in [1.807, 2.05) is 13.8 Å². The molecule has 1 heterocycles. The maximum atomic E-state index is 12.6. The summed E-state index contributed by atoms with van der Waals surface area (Å²) in [4.78, 5) is 25.8. The van der Waals surface area contributed by atoms with Crippen LogP contribution in [0, 0.1) is 11.3 Å². The molecule has 6 heteroatoms.